The van der Waals surface area contributed by atoms with Crippen LogP contribution in [0.3, 0.4) is 0 Å². The Labute approximate surface area is 152 Å². The molecule has 2 aromatic rings. The summed E-state index contributed by atoms with van der Waals surface area (Å²) in [6.07, 6.45) is 7.27. The Hall–Kier alpha value is -2.09. The lowest BCUT2D eigenvalue weighted by atomic mass is 9.71. The Bertz CT molecular complexity index is 725. The van der Waals surface area contributed by atoms with E-state index in [9.17, 15) is 0 Å². The molecule has 0 radical (unpaired) electrons. The fourth-order valence-electron chi connectivity index (χ4n) is 3.88. The number of aliphatic imine (C=N–C) groups is 1. The van der Waals surface area contributed by atoms with E-state index in [0.717, 1.165) is 17.2 Å². The van der Waals surface area contributed by atoms with Crippen LogP contribution in [0.15, 0.2) is 53.5 Å². The van der Waals surface area contributed by atoms with Gasteiger partial charge in [-0.1, -0.05) is 57.7 Å². The van der Waals surface area contributed by atoms with Crippen LogP contribution >= 0.6 is 0 Å². The third-order valence-electron chi connectivity index (χ3n) is 5.36. The average molecular weight is 335 g/mol. The summed E-state index contributed by atoms with van der Waals surface area (Å²) in [5, 5.41) is 0. The zero-order valence-corrected chi connectivity index (χ0v) is 15.7. The van der Waals surface area contributed by atoms with Crippen LogP contribution in [0.25, 0.3) is 0 Å². The summed E-state index contributed by atoms with van der Waals surface area (Å²) in [5.41, 5.74) is 3.86. The molecule has 0 spiro atoms. The molecule has 0 bridgehead atoms. The molecule has 25 heavy (non-hydrogen) atoms. The number of rotatable bonds is 8. The van der Waals surface area contributed by atoms with Crippen LogP contribution < -0.4 is 4.74 Å². The number of unbranched alkanes of at least 4 members (excludes halogenated alkanes) is 2. The van der Waals surface area contributed by atoms with Crippen molar-refractivity contribution in [2.24, 2.45) is 4.99 Å². The smallest absolute Gasteiger partial charge is 0.127 e. The highest BCUT2D eigenvalue weighted by atomic mass is 16.5. The fourth-order valence-corrected chi connectivity index (χ4v) is 3.88. The first-order chi connectivity index (χ1) is 12.2. The van der Waals surface area contributed by atoms with Gasteiger partial charge in [-0.2, -0.15) is 0 Å². The number of para-hydroxylation sites is 1. The van der Waals surface area contributed by atoms with Crippen molar-refractivity contribution in [2.45, 2.75) is 64.7 Å². The maximum atomic E-state index is 6.09. The summed E-state index contributed by atoms with van der Waals surface area (Å²) in [5.74, 6) is 1.79. The van der Waals surface area contributed by atoms with Crippen molar-refractivity contribution in [2.75, 3.05) is 0 Å². The summed E-state index contributed by atoms with van der Waals surface area (Å²) in [6.45, 7) is 6.75. The molecule has 0 saturated carbocycles. The topological polar surface area (TPSA) is 21.6 Å². The molecule has 3 rings (SSSR count). The lowest BCUT2D eigenvalue weighted by molar-refractivity contribution is 0.447. The molecule has 1 aliphatic heterocycles. The first-order valence-electron chi connectivity index (χ1n) is 9.63. The largest absolute Gasteiger partial charge is 0.457 e. The van der Waals surface area contributed by atoms with Gasteiger partial charge in [0.05, 0.1) is 5.69 Å². The maximum Gasteiger partial charge on any atom is 0.127 e. The molecule has 2 nitrogen and oxygen atoms in total. The van der Waals surface area contributed by atoms with Gasteiger partial charge in [-0.25, -0.2) is 0 Å². The molecule has 0 fully saturated rings. The molecule has 0 saturated heterocycles. The summed E-state index contributed by atoms with van der Waals surface area (Å²) < 4.78 is 6.09. The van der Waals surface area contributed by atoms with Gasteiger partial charge in [-0.3, -0.25) is 4.99 Å². The second-order valence-electron chi connectivity index (χ2n) is 7.08. The van der Waals surface area contributed by atoms with Crippen molar-refractivity contribution in [3.8, 4) is 11.5 Å². The van der Waals surface area contributed by atoms with Crippen molar-refractivity contribution in [3.05, 3.63) is 54.1 Å². The van der Waals surface area contributed by atoms with Crippen LogP contribution in [0.2, 0.25) is 0 Å². The second-order valence-corrected chi connectivity index (χ2v) is 7.08. The molecule has 0 unspecified atom stereocenters. The SMILES string of the molecule is CCCCC1(CCCC)C(C)=Nc2ccc(Oc3ccccc3)cc21. The molecule has 0 amide bonds. The standard InChI is InChI=1S/C23H29NO/c1-4-6-15-23(16-7-5-2)18(3)24-22-14-13-20(17-21(22)23)25-19-11-9-8-10-12-19/h8-14,17H,4-7,15-16H2,1-3H3. The van der Waals surface area contributed by atoms with Crippen LogP contribution in [0.1, 0.15) is 64.9 Å². The first-order valence-corrected chi connectivity index (χ1v) is 9.63. The predicted molar refractivity (Wildman–Crippen MR) is 106 cm³/mol. The lowest BCUT2D eigenvalue weighted by Gasteiger charge is -2.31. The summed E-state index contributed by atoms with van der Waals surface area (Å²) in [6, 6.07) is 16.4. The minimum Gasteiger partial charge on any atom is -0.457 e. The third kappa shape index (κ3) is 3.63. The molecule has 1 aliphatic rings. The van der Waals surface area contributed by atoms with E-state index < -0.39 is 0 Å². The van der Waals surface area contributed by atoms with Crippen molar-refractivity contribution < 1.29 is 4.74 Å². The summed E-state index contributed by atoms with van der Waals surface area (Å²) >= 11 is 0. The number of ether oxygens (including phenoxy) is 1. The molecular weight excluding hydrogens is 306 g/mol. The number of hydrogen-bond acceptors (Lipinski definition) is 2. The molecule has 0 N–H and O–H groups in total. The van der Waals surface area contributed by atoms with Gasteiger partial charge >= 0.3 is 0 Å². The van der Waals surface area contributed by atoms with Gasteiger partial charge in [0.2, 0.25) is 0 Å². The van der Waals surface area contributed by atoms with Crippen molar-refractivity contribution in [1.82, 2.24) is 0 Å². The van der Waals surface area contributed by atoms with Gasteiger partial charge in [0.1, 0.15) is 11.5 Å². The molecule has 0 atom stereocenters. The van der Waals surface area contributed by atoms with E-state index in [0.29, 0.717) is 0 Å². The molecule has 0 aliphatic carbocycles. The van der Waals surface area contributed by atoms with E-state index in [4.69, 9.17) is 9.73 Å². The molecule has 2 heteroatoms. The number of fused-ring (bicyclic) bond motifs is 1. The van der Waals surface area contributed by atoms with Gasteiger partial charge in [0.25, 0.3) is 0 Å². The van der Waals surface area contributed by atoms with Gasteiger partial charge in [-0.15, -0.1) is 0 Å². The van der Waals surface area contributed by atoms with Crippen LogP contribution in [-0.2, 0) is 5.41 Å². The minimum absolute atomic E-state index is 0.0947. The van der Waals surface area contributed by atoms with Gasteiger partial charge in [-0.05, 0) is 55.7 Å². The van der Waals surface area contributed by atoms with E-state index in [-0.39, 0.29) is 5.41 Å². The second kappa shape index (κ2) is 7.86. The maximum absolute atomic E-state index is 6.09. The number of nitrogens with zero attached hydrogens (tertiary/aromatic N) is 1. The zero-order valence-electron chi connectivity index (χ0n) is 15.7. The fraction of sp³-hybridized carbons (Fsp3) is 0.435. The van der Waals surface area contributed by atoms with E-state index in [1.165, 1.54) is 49.8 Å². The molecule has 0 aromatic heterocycles. The van der Waals surface area contributed by atoms with Crippen LogP contribution in [0.4, 0.5) is 5.69 Å². The van der Waals surface area contributed by atoms with Crippen molar-refractivity contribution in [3.63, 3.8) is 0 Å². The Morgan fingerprint density at radius 3 is 2.20 bits per heavy atom. The normalized spacial score (nSPS) is 14.9. The molecule has 2 aromatic carbocycles. The highest BCUT2D eigenvalue weighted by Gasteiger charge is 2.40. The van der Waals surface area contributed by atoms with Crippen LogP contribution in [0.5, 0.6) is 11.5 Å². The summed E-state index contributed by atoms with van der Waals surface area (Å²) in [4.78, 5) is 4.92. The highest BCUT2D eigenvalue weighted by Crippen LogP contribution is 2.48. The zero-order chi connectivity index (χ0) is 17.7. The lowest BCUT2D eigenvalue weighted by Crippen LogP contribution is -2.31. The number of hydrogen-bond donors (Lipinski definition) is 0. The van der Waals surface area contributed by atoms with Crippen LogP contribution in [-0.4, -0.2) is 5.71 Å². The van der Waals surface area contributed by atoms with E-state index in [1.54, 1.807) is 0 Å². The molecule has 1 heterocycles. The Morgan fingerprint density at radius 2 is 1.56 bits per heavy atom. The van der Waals surface area contributed by atoms with Crippen molar-refractivity contribution in [1.29, 1.82) is 0 Å². The van der Waals surface area contributed by atoms with Crippen LogP contribution in [0, 0.1) is 0 Å². The average Bonchev–Trinajstić information content (AvgIpc) is 2.91. The highest BCUT2D eigenvalue weighted by molar-refractivity contribution is 6.00. The Kier molecular flexibility index (Phi) is 5.57. The Balaban J connectivity index is 1.94. The van der Waals surface area contributed by atoms with E-state index in [2.05, 4.69) is 32.9 Å². The third-order valence-corrected chi connectivity index (χ3v) is 5.36. The number of benzene rings is 2. The van der Waals surface area contributed by atoms with Gasteiger partial charge < -0.3 is 4.74 Å². The molecular formula is C23H29NO. The molecule has 132 valence electrons. The van der Waals surface area contributed by atoms with Gasteiger partial charge in [0, 0.05) is 11.1 Å². The minimum atomic E-state index is 0.0947. The van der Waals surface area contributed by atoms with E-state index in [1.807, 2.05) is 36.4 Å². The first kappa shape index (κ1) is 17.7. The van der Waals surface area contributed by atoms with Gasteiger partial charge in [0.15, 0.2) is 0 Å². The quantitative estimate of drug-likeness (QED) is 0.499. The van der Waals surface area contributed by atoms with Crippen molar-refractivity contribution >= 4 is 11.4 Å². The predicted octanol–water partition coefficient (Wildman–Crippen LogP) is 7.20. The van der Waals surface area contributed by atoms with E-state index >= 15 is 0 Å². The Morgan fingerprint density at radius 1 is 0.880 bits per heavy atom. The monoisotopic (exact) mass is 335 g/mol. The summed E-state index contributed by atoms with van der Waals surface area (Å²) in [7, 11) is 0.